The molecule has 23 heavy (non-hydrogen) atoms. The van der Waals surface area contributed by atoms with Crippen molar-refractivity contribution >= 4 is 51.8 Å². The first-order valence-electron chi connectivity index (χ1n) is 7.61. The number of halogens is 2. The van der Waals surface area contributed by atoms with Gasteiger partial charge in [0.2, 0.25) is 5.91 Å². The Morgan fingerprint density at radius 3 is 2.91 bits per heavy atom. The van der Waals surface area contributed by atoms with Crippen molar-refractivity contribution in [2.75, 3.05) is 20.1 Å². The van der Waals surface area contributed by atoms with Gasteiger partial charge < -0.3 is 15.5 Å². The third-order valence-corrected chi connectivity index (χ3v) is 4.25. The molecule has 0 aliphatic carbocycles. The number of aliphatic imine (C=N–C) groups is 1. The van der Waals surface area contributed by atoms with Crippen LogP contribution in [0.15, 0.2) is 33.7 Å². The van der Waals surface area contributed by atoms with Gasteiger partial charge in [0.25, 0.3) is 0 Å². The lowest BCUT2D eigenvalue weighted by Gasteiger charge is -2.18. The average molecular weight is 495 g/mol. The Bertz CT molecular complexity index is 553. The van der Waals surface area contributed by atoms with Gasteiger partial charge >= 0.3 is 0 Å². The van der Waals surface area contributed by atoms with Crippen LogP contribution in [-0.4, -0.2) is 42.9 Å². The van der Waals surface area contributed by atoms with Gasteiger partial charge in [0.15, 0.2) is 5.96 Å². The van der Waals surface area contributed by atoms with Crippen molar-refractivity contribution in [1.82, 2.24) is 15.5 Å². The van der Waals surface area contributed by atoms with Crippen LogP contribution in [0.4, 0.5) is 0 Å². The Morgan fingerprint density at radius 1 is 1.48 bits per heavy atom. The van der Waals surface area contributed by atoms with Crippen LogP contribution in [0.25, 0.3) is 0 Å². The monoisotopic (exact) mass is 494 g/mol. The number of nitrogens with one attached hydrogen (secondary N) is 2. The van der Waals surface area contributed by atoms with Crippen LogP contribution in [0.2, 0.25) is 0 Å². The number of hydrogen-bond acceptors (Lipinski definition) is 2. The largest absolute Gasteiger partial charge is 0.352 e. The normalized spacial score (nSPS) is 17.6. The van der Waals surface area contributed by atoms with E-state index in [1.165, 1.54) is 5.56 Å². The first kappa shape index (κ1) is 20.2. The van der Waals surface area contributed by atoms with Gasteiger partial charge in [0.05, 0.1) is 0 Å². The van der Waals surface area contributed by atoms with Gasteiger partial charge in [-0.25, -0.2) is 0 Å². The van der Waals surface area contributed by atoms with Gasteiger partial charge in [0, 0.05) is 43.6 Å². The van der Waals surface area contributed by atoms with Gasteiger partial charge in [-0.3, -0.25) is 9.79 Å². The molecule has 1 aliphatic heterocycles. The lowest BCUT2D eigenvalue weighted by atomic mass is 10.2. The Labute approximate surface area is 163 Å². The molecule has 128 valence electrons. The molecule has 1 aromatic rings. The zero-order valence-corrected chi connectivity index (χ0v) is 17.4. The summed E-state index contributed by atoms with van der Waals surface area (Å²) in [7, 11) is 1.76. The van der Waals surface area contributed by atoms with E-state index in [4.69, 9.17) is 0 Å². The Kier molecular flexibility index (Phi) is 8.90. The minimum atomic E-state index is 0. The molecule has 1 heterocycles. The summed E-state index contributed by atoms with van der Waals surface area (Å²) in [5.74, 6) is 0.997. The number of carbonyl (C=O) groups is 1. The minimum absolute atomic E-state index is 0. The van der Waals surface area contributed by atoms with Crippen molar-refractivity contribution in [3.05, 3.63) is 34.3 Å². The van der Waals surface area contributed by atoms with Gasteiger partial charge in [-0.2, -0.15) is 0 Å². The number of amides is 1. The van der Waals surface area contributed by atoms with Crippen LogP contribution in [0, 0.1) is 0 Å². The number of nitrogens with zero attached hydrogens (tertiary/aromatic N) is 2. The fraction of sp³-hybridized carbons (Fsp3) is 0.500. The third kappa shape index (κ3) is 6.29. The van der Waals surface area contributed by atoms with E-state index in [0.29, 0.717) is 13.0 Å². The molecule has 1 unspecified atom stereocenters. The van der Waals surface area contributed by atoms with E-state index in [1.807, 2.05) is 24.0 Å². The van der Waals surface area contributed by atoms with Crippen LogP contribution < -0.4 is 10.6 Å². The number of hydrogen-bond donors (Lipinski definition) is 2. The molecule has 0 bridgehead atoms. The highest BCUT2D eigenvalue weighted by Crippen LogP contribution is 2.12. The molecule has 2 N–H and O–H groups in total. The average Bonchev–Trinajstić information content (AvgIpc) is 2.99. The predicted octanol–water partition coefficient (Wildman–Crippen LogP) is 2.74. The zero-order valence-electron chi connectivity index (χ0n) is 13.5. The van der Waals surface area contributed by atoms with Crippen LogP contribution in [0.1, 0.15) is 25.3 Å². The maximum absolute atomic E-state index is 11.7. The van der Waals surface area contributed by atoms with E-state index in [1.54, 1.807) is 7.05 Å². The highest BCUT2D eigenvalue weighted by atomic mass is 127. The van der Waals surface area contributed by atoms with E-state index in [0.717, 1.165) is 29.9 Å². The zero-order chi connectivity index (χ0) is 15.9. The smallest absolute Gasteiger partial charge is 0.222 e. The molecule has 1 aliphatic rings. The molecule has 7 heteroatoms. The summed E-state index contributed by atoms with van der Waals surface area (Å²) in [5, 5.41) is 6.71. The van der Waals surface area contributed by atoms with Crippen molar-refractivity contribution in [1.29, 1.82) is 0 Å². The molecule has 5 nitrogen and oxygen atoms in total. The van der Waals surface area contributed by atoms with Crippen molar-refractivity contribution in [3.8, 4) is 0 Å². The molecule has 0 spiro atoms. The summed E-state index contributed by atoms with van der Waals surface area (Å²) in [6.07, 6.45) is 1.53. The maximum Gasteiger partial charge on any atom is 0.222 e. The number of likely N-dealkylation sites (tertiary alicyclic amines) is 1. The molecule has 1 atom stereocenters. The third-order valence-electron chi connectivity index (χ3n) is 3.76. The molecule has 1 saturated heterocycles. The number of benzene rings is 1. The Morgan fingerprint density at radius 2 is 2.26 bits per heavy atom. The number of guanidine groups is 1. The van der Waals surface area contributed by atoms with E-state index in [-0.39, 0.29) is 35.9 Å². The minimum Gasteiger partial charge on any atom is -0.352 e. The van der Waals surface area contributed by atoms with Crippen molar-refractivity contribution in [3.63, 3.8) is 0 Å². The fourth-order valence-corrected chi connectivity index (χ4v) is 3.00. The molecular weight excluding hydrogens is 471 g/mol. The fourth-order valence-electron chi connectivity index (χ4n) is 2.55. The highest BCUT2D eigenvalue weighted by molar-refractivity contribution is 14.0. The van der Waals surface area contributed by atoms with E-state index in [9.17, 15) is 4.79 Å². The molecule has 0 aromatic heterocycles. The lowest BCUT2D eigenvalue weighted by molar-refractivity contribution is -0.129. The lowest BCUT2D eigenvalue weighted by Crippen LogP contribution is -2.44. The molecule has 2 rings (SSSR count). The van der Waals surface area contributed by atoms with Crippen molar-refractivity contribution in [2.24, 2.45) is 4.99 Å². The van der Waals surface area contributed by atoms with Gasteiger partial charge in [-0.1, -0.05) is 35.0 Å². The number of carbonyl (C=O) groups excluding carboxylic acids is 1. The summed E-state index contributed by atoms with van der Waals surface area (Å²) in [6, 6.07) is 8.45. The van der Waals surface area contributed by atoms with Gasteiger partial charge in [-0.05, 0) is 24.1 Å². The van der Waals surface area contributed by atoms with Gasteiger partial charge in [-0.15, -0.1) is 24.0 Å². The topological polar surface area (TPSA) is 56.7 Å². The maximum atomic E-state index is 11.7. The highest BCUT2D eigenvalue weighted by Gasteiger charge is 2.25. The molecule has 1 aromatic carbocycles. The molecule has 1 amide bonds. The molecular formula is C16H24BrIN4O. The predicted molar refractivity (Wildman–Crippen MR) is 108 cm³/mol. The van der Waals surface area contributed by atoms with E-state index in [2.05, 4.69) is 43.7 Å². The SMILES string of the molecule is CCC(=O)N1CCC(NC(=NC)NCc2cccc(Br)c2)C1.I. The molecule has 0 saturated carbocycles. The summed E-state index contributed by atoms with van der Waals surface area (Å²) in [6.45, 7) is 4.20. The van der Waals surface area contributed by atoms with E-state index >= 15 is 0 Å². The standard InChI is InChI=1S/C16H23BrN4O.HI/c1-3-15(22)21-8-7-14(11-21)20-16(18-2)19-10-12-5-4-6-13(17)9-12;/h4-6,9,14H,3,7-8,10-11H2,1-2H3,(H2,18,19,20);1H. The summed E-state index contributed by atoms with van der Waals surface area (Å²) in [5.41, 5.74) is 1.19. The van der Waals surface area contributed by atoms with Gasteiger partial charge in [0.1, 0.15) is 0 Å². The second kappa shape index (κ2) is 10.1. The van der Waals surface area contributed by atoms with Crippen LogP contribution in [0.5, 0.6) is 0 Å². The summed E-state index contributed by atoms with van der Waals surface area (Å²) < 4.78 is 1.07. The summed E-state index contributed by atoms with van der Waals surface area (Å²) >= 11 is 3.47. The first-order valence-corrected chi connectivity index (χ1v) is 8.41. The summed E-state index contributed by atoms with van der Waals surface area (Å²) in [4.78, 5) is 17.9. The molecule has 0 radical (unpaired) electrons. The Balaban J connectivity index is 0.00000264. The Hall–Kier alpha value is -0.830. The van der Waals surface area contributed by atoms with Crippen LogP contribution in [-0.2, 0) is 11.3 Å². The number of rotatable bonds is 4. The quantitative estimate of drug-likeness (QED) is 0.384. The van der Waals surface area contributed by atoms with Crippen LogP contribution >= 0.6 is 39.9 Å². The first-order chi connectivity index (χ1) is 10.6. The van der Waals surface area contributed by atoms with Crippen molar-refractivity contribution in [2.45, 2.75) is 32.4 Å². The van der Waals surface area contributed by atoms with E-state index < -0.39 is 0 Å². The molecule has 1 fully saturated rings. The second-order valence-electron chi connectivity index (χ2n) is 5.38. The van der Waals surface area contributed by atoms with Crippen LogP contribution in [0.3, 0.4) is 0 Å². The van der Waals surface area contributed by atoms with Crippen molar-refractivity contribution < 1.29 is 4.79 Å². The second-order valence-corrected chi connectivity index (χ2v) is 6.29.